The second kappa shape index (κ2) is 7.77. The Hall–Kier alpha value is -2.36. The minimum absolute atomic E-state index is 0.0526. The summed E-state index contributed by atoms with van der Waals surface area (Å²) in [7, 11) is 1.51. The fraction of sp³-hybridized carbons (Fsp3) is 0.250. The van der Waals surface area contributed by atoms with Crippen LogP contribution >= 0.6 is 11.6 Å². The van der Waals surface area contributed by atoms with Gasteiger partial charge in [0.05, 0.1) is 23.4 Å². The van der Waals surface area contributed by atoms with Gasteiger partial charge in [-0.25, -0.2) is 9.37 Å². The molecule has 0 spiro atoms. The molecular weight excluding hydrogens is 321 g/mol. The van der Waals surface area contributed by atoms with E-state index in [2.05, 4.69) is 4.98 Å². The van der Waals surface area contributed by atoms with Crippen molar-refractivity contribution in [3.63, 3.8) is 0 Å². The van der Waals surface area contributed by atoms with Crippen molar-refractivity contribution in [3.8, 4) is 17.7 Å². The number of nitrogens with zero attached hydrogens (tertiary/aromatic N) is 2. The van der Waals surface area contributed by atoms with E-state index in [1.54, 1.807) is 18.2 Å². The summed E-state index contributed by atoms with van der Waals surface area (Å²) in [5.41, 5.74) is 6.27. The van der Waals surface area contributed by atoms with Crippen molar-refractivity contribution in [3.05, 3.63) is 52.4 Å². The third-order valence-electron chi connectivity index (χ3n) is 3.13. The highest BCUT2D eigenvalue weighted by molar-refractivity contribution is 6.30. The van der Waals surface area contributed by atoms with Gasteiger partial charge in [0.2, 0.25) is 5.88 Å². The maximum absolute atomic E-state index is 13.5. The van der Waals surface area contributed by atoms with Gasteiger partial charge in [-0.2, -0.15) is 5.26 Å². The van der Waals surface area contributed by atoms with E-state index in [0.717, 1.165) is 6.07 Å². The Balaban J connectivity index is 2.36. The van der Waals surface area contributed by atoms with E-state index < -0.39 is 11.9 Å². The second-order valence-electron chi connectivity index (χ2n) is 4.66. The Morgan fingerprint density at radius 1 is 1.43 bits per heavy atom. The molecule has 0 saturated carbocycles. The highest BCUT2D eigenvalue weighted by Crippen LogP contribution is 2.31. The fourth-order valence-corrected chi connectivity index (χ4v) is 2.16. The minimum atomic E-state index is -0.676. The second-order valence-corrected chi connectivity index (χ2v) is 5.07. The summed E-state index contributed by atoms with van der Waals surface area (Å²) in [6.07, 6.45) is -0.0521. The third-order valence-corrected chi connectivity index (χ3v) is 3.41. The molecule has 2 rings (SSSR count). The third kappa shape index (κ3) is 4.09. The van der Waals surface area contributed by atoms with Crippen LogP contribution < -0.4 is 15.2 Å². The number of ether oxygens (including phenoxy) is 2. The molecule has 0 aliphatic carbocycles. The Morgan fingerprint density at radius 3 is 2.87 bits per heavy atom. The lowest BCUT2D eigenvalue weighted by Gasteiger charge is -2.19. The first-order valence-electron chi connectivity index (χ1n) is 6.85. The highest BCUT2D eigenvalue weighted by Gasteiger charge is 2.18. The number of nitriles is 1. The van der Waals surface area contributed by atoms with Crippen LogP contribution in [0.15, 0.2) is 30.3 Å². The van der Waals surface area contributed by atoms with Gasteiger partial charge in [0.15, 0.2) is 0 Å². The van der Waals surface area contributed by atoms with E-state index in [1.807, 2.05) is 6.07 Å². The maximum Gasteiger partial charge on any atom is 0.213 e. The smallest absolute Gasteiger partial charge is 0.213 e. The highest BCUT2D eigenvalue weighted by atomic mass is 35.5. The van der Waals surface area contributed by atoms with E-state index in [9.17, 15) is 4.39 Å². The molecule has 0 amide bonds. The Kier molecular flexibility index (Phi) is 5.74. The van der Waals surface area contributed by atoms with Crippen LogP contribution in [-0.4, -0.2) is 18.6 Å². The Morgan fingerprint density at radius 2 is 2.22 bits per heavy atom. The van der Waals surface area contributed by atoms with Crippen molar-refractivity contribution in [2.75, 3.05) is 13.7 Å². The van der Waals surface area contributed by atoms with Gasteiger partial charge in [-0.3, -0.25) is 0 Å². The molecule has 0 aliphatic heterocycles. The number of rotatable bonds is 6. The molecule has 23 heavy (non-hydrogen) atoms. The zero-order chi connectivity index (χ0) is 16.8. The van der Waals surface area contributed by atoms with E-state index in [1.165, 1.54) is 13.2 Å². The van der Waals surface area contributed by atoms with Crippen molar-refractivity contribution in [1.29, 1.82) is 5.26 Å². The van der Waals surface area contributed by atoms with Crippen LogP contribution in [0.1, 0.15) is 23.8 Å². The predicted octanol–water partition coefficient (Wildman–Crippen LogP) is 3.22. The van der Waals surface area contributed by atoms with Crippen LogP contribution in [0, 0.1) is 17.1 Å². The summed E-state index contributed by atoms with van der Waals surface area (Å²) in [4.78, 5) is 4.31. The summed E-state index contributed by atoms with van der Waals surface area (Å²) in [6.45, 7) is 0.348. The summed E-state index contributed by atoms with van der Waals surface area (Å²) in [6, 6.07) is 9.45. The van der Waals surface area contributed by atoms with Gasteiger partial charge in [-0.05, 0) is 18.7 Å². The zero-order valence-corrected chi connectivity index (χ0v) is 13.2. The van der Waals surface area contributed by atoms with Crippen LogP contribution in [0.4, 0.5) is 4.39 Å². The number of nitrogens with two attached hydrogens (primary N) is 1. The van der Waals surface area contributed by atoms with Gasteiger partial charge < -0.3 is 15.2 Å². The van der Waals surface area contributed by atoms with Gasteiger partial charge in [-0.15, -0.1) is 0 Å². The van der Waals surface area contributed by atoms with Gasteiger partial charge >= 0.3 is 0 Å². The molecule has 0 saturated heterocycles. The van der Waals surface area contributed by atoms with Crippen LogP contribution in [0.2, 0.25) is 5.02 Å². The van der Waals surface area contributed by atoms with E-state index in [4.69, 9.17) is 32.1 Å². The summed E-state index contributed by atoms with van der Waals surface area (Å²) >= 11 is 5.77. The fourth-order valence-electron chi connectivity index (χ4n) is 2.01. The molecule has 2 aromatic rings. The lowest BCUT2D eigenvalue weighted by Crippen LogP contribution is -2.15. The lowest BCUT2D eigenvalue weighted by molar-refractivity contribution is 0.191. The summed E-state index contributed by atoms with van der Waals surface area (Å²) in [5.74, 6) is -0.0572. The standard InChI is InChI=1S/C16H15ClFN3O2/c1-22-16-4-2-3-13(21-16)14(5-6-19)23-15-8-11(17)12(18)7-10(15)9-20/h2-4,7-8,14H,5-6,19H2,1H3. The molecule has 7 heteroatoms. The zero-order valence-electron chi connectivity index (χ0n) is 12.4. The molecular formula is C16H15ClFN3O2. The van der Waals surface area contributed by atoms with Crippen molar-refractivity contribution in [2.45, 2.75) is 12.5 Å². The topological polar surface area (TPSA) is 81.2 Å². The molecule has 5 nitrogen and oxygen atoms in total. The maximum atomic E-state index is 13.5. The van der Waals surface area contributed by atoms with Gasteiger partial charge in [0.1, 0.15) is 23.7 Å². The molecule has 0 radical (unpaired) electrons. The lowest BCUT2D eigenvalue weighted by atomic mass is 10.1. The number of hydrogen-bond donors (Lipinski definition) is 1. The summed E-state index contributed by atoms with van der Waals surface area (Å²) < 4.78 is 24.4. The first-order valence-corrected chi connectivity index (χ1v) is 7.23. The average Bonchev–Trinajstić information content (AvgIpc) is 2.57. The molecule has 0 fully saturated rings. The monoisotopic (exact) mass is 335 g/mol. The molecule has 1 atom stereocenters. The number of halogens is 2. The average molecular weight is 336 g/mol. The molecule has 1 aromatic heterocycles. The quantitative estimate of drug-likeness (QED) is 0.876. The normalized spacial score (nSPS) is 11.6. The number of aromatic nitrogens is 1. The number of methoxy groups -OCH3 is 1. The molecule has 0 aliphatic rings. The largest absolute Gasteiger partial charge is 0.483 e. The first-order chi connectivity index (χ1) is 11.1. The molecule has 1 aromatic carbocycles. The van der Waals surface area contributed by atoms with Crippen molar-refractivity contribution in [1.82, 2.24) is 4.98 Å². The van der Waals surface area contributed by atoms with E-state index >= 15 is 0 Å². The number of pyridine rings is 1. The summed E-state index contributed by atoms with van der Waals surface area (Å²) in [5, 5.41) is 9.01. The van der Waals surface area contributed by atoms with E-state index in [0.29, 0.717) is 24.5 Å². The van der Waals surface area contributed by atoms with Crippen LogP contribution in [0.5, 0.6) is 11.6 Å². The molecule has 120 valence electrons. The molecule has 2 N–H and O–H groups in total. The van der Waals surface area contributed by atoms with Crippen LogP contribution in [0.25, 0.3) is 0 Å². The Bertz CT molecular complexity index is 734. The molecule has 1 heterocycles. The minimum Gasteiger partial charge on any atom is -0.483 e. The van der Waals surface area contributed by atoms with E-state index in [-0.39, 0.29) is 16.3 Å². The predicted molar refractivity (Wildman–Crippen MR) is 84.0 cm³/mol. The van der Waals surface area contributed by atoms with Crippen LogP contribution in [0.3, 0.4) is 0 Å². The number of benzene rings is 1. The molecule has 0 bridgehead atoms. The van der Waals surface area contributed by atoms with Gasteiger partial charge in [0.25, 0.3) is 0 Å². The SMILES string of the molecule is COc1cccc(C(CCN)Oc2cc(Cl)c(F)cc2C#N)n1. The Labute approximate surface area is 138 Å². The van der Waals surface area contributed by atoms with Crippen molar-refractivity contribution >= 4 is 11.6 Å². The van der Waals surface area contributed by atoms with Crippen molar-refractivity contribution < 1.29 is 13.9 Å². The van der Waals surface area contributed by atoms with Crippen LogP contribution in [-0.2, 0) is 0 Å². The van der Waals surface area contributed by atoms with Crippen molar-refractivity contribution in [2.24, 2.45) is 5.73 Å². The van der Waals surface area contributed by atoms with Gasteiger partial charge in [0, 0.05) is 18.6 Å². The number of hydrogen-bond acceptors (Lipinski definition) is 5. The molecule has 1 unspecified atom stereocenters. The first kappa shape index (κ1) is 17.0. The van der Waals surface area contributed by atoms with Gasteiger partial charge in [-0.1, -0.05) is 17.7 Å².